The number of rotatable bonds is 9. The molecule has 2 aromatic carbocycles. The molecule has 1 aliphatic heterocycles. The second kappa shape index (κ2) is 9.77. The number of hydrogen-bond donors (Lipinski definition) is 0. The lowest BCUT2D eigenvalue weighted by Crippen LogP contribution is -2.32. The van der Waals surface area contributed by atoms with Crippen molar-refractivity contribution in [1.29, 1.82) is 0 Å². The van der Waals surface area contributed by atoms with Crippen LogP contribution in [-0.4, -0.2) is 63.7 Å². The summed E-state index contributed by atoms with van der Waals surface area (Å²) >= 11 is 0. The van der Waals surface area contributed by atoms with Gasteiger partial charge in [0.25, 0.3) is 5.91 Å². The quantitative estimate of drug-likeness (QED) is 0.476. The van der Waals surface area contributed by atoms with Gasteiger partial charge in [0.05, 0.1) is 37.8 Å². The molecule has 1 aromatic heterocycles. The topological polar surface area (TPSA) is 81.5 Å². The van der Waals surface area contributed by atoms with Crippen LogP contribution in [0.4, 0.5) is 0 Å². The van der Waals surface area contributed by atoms with Gasteiger partial charge in [-0.25, -0.2) is 0 Å². The van der Waals surface area contributed by atoms with Crippen LogP contribution in [0, 0.1) is 0 Å². The minimum absolute atomic E-state index is 0.0773. The van der Waals surface area contributed by atoms with E-state index in [1.54, 1.807) is 37.3 Å². The summed E-state index contributed by atoms with van der Waals surface area (Å²) in [5.74, 6) is 1.48. The maximum atomic E-state index is 13.7. The number of methoxy groups -OCH3 is 2. The molecule has 34 heavy (non-hydrogen) atoms. The number of fused-ring (bicyclic) bond motifs is 2. The molecule has 0 N–H and O–H groups in total. The normalized spacial score (nSPS) is 15.2. The highest BCUT2D eigenvalue weighted by Crippen LogP contribution is 2.41. The molecule has 0 radical (unpaired) electrons. The predicted octanol–water partition coefficient (Wildman–Crippen LogP) is 3.71. The smallest absolute Gasteiger partial charge is 0.290 e. The van der Waals surface area contributed by atoms with Crippen molar-refractivity contribution in [3.8, 4) is 17.2 Å². The highest BCUT2D eigenvalue weighted by Gasteiger charge is 2.42. The summed E-state index contributed by atoms with van der Waals surface area (Å²) in [5.41, 5.74) is 1.21. The molecule has 0 aliphatic carbocycles. The average Bonchev–Trinajstić information content (AvgIpc) is 3.11. The highest BCUT2D eigenvalue weighted by molar-refractivity contribution is 5.99. The summed E-state index contributed by atoms with van der Waals surface area (Å²) in [6, 6.07) is 9.95. The number of carbonyl (C=O) groups is 1. The van der Waals surface area contributed by atoms with Gasteiger partial charge in [0.1, 0.15) is 11.3 Å². The largest absolute Gasteiger partial charge is 0.497 e. The van der Waals surface area contributed by atoms with Crippen LogP contribution in [0.1, 0.15) is 41.1 Å². The zero-order valence-corrected chi connectivity index (χ0v) is 20.2. The molecule has 180 valence electrons. The van der Waals surface area contributed by atoms with E-state index in [1.807, 2.05) is 39.2 Å². The van der Waals surface area contributed by atoms with Crippen molar-refractivity contribution in [2.24, 2.45) is 0 Å². The first-order chi connectivity index (χ1) is 16.4. The van der Waals surface area contributed by atoms with E-state index >= 15 is 0 Å². The van der Waals surface area contributed by atoms with E-state index in [4.69, 9.17) is 18.6 Å². The SMILES string of the molecule is CCOc1ccc(C2c3c(oc4cc(OC)ccc4c3=O)C(=O)N2CCCN(C)C)cc1OC. The Balaban J connectivity index is 1.88. The molecule has 8 heteroatoms. The van der Waals surface area contributed by atoms with E-state index < -0.39 is 6.04 Å². The van der Waals surface area contributed by atoms with Gasteiger partial charge < -0.3 is 28.4 Å². The van der Waals surface area contributed by atoms with Crippen LogP contribution in [0.3, 0.4) is 0 Å². The first kappa shape index (κ1) is 23.6. The average molecular weight is 467 g/mol. The summed E-state index contributed by atoms with van der Waals surface area (Å²) in [6.45, 7) is 3.67. The number of nitrogens with zero attached hydrogens (tertiary/aromatic N) is 2. The minimum atomic E-state index is -0.586. The van der Waals surface area contributed by atoms with Crippen LogP contribution < -0.4 is 19.6 Å². The van der Waals surface area contributed by atoms with Crippen LogP contribution in [0.15, 0.2) is 45.6 Å². The van der Waals surface area contributed by atoms with E-state index in [-0.39, 0.29) is 17.1 Å². The Labute approximate surface area is 198 Å². The fraction of sp³-hybridized carbons (Fsp3) is 0.385. The van der Waals surface area contributed by atoms with Gasteiger partial charge in [0.2, 0.25) is 5.76 Å². The monoisotopic (exact) mass is 466 g/mol. The van der Waals surface area contributed by atoms with E-state index in [0.29, 0.717) is 46.9 Å². The Hall–Kier alpha value is -3.52. The summed E-state index contributed by atoms with van der Waals surface area (Å²) in [7, 11) is 7.08. The molecule has 3 aromatic rings. The summed E-state index contributed by atoms with van der Waals surface area (Å²) < 4.78 is 22.5. The third-order valence-electron chi connectivity index (χ3n) is 5.98. The molecule has 1 atom stereocenters. The number of hydrogen-bond acceptors (Lipinski definition) is 7. The van der Waals surface area contributed by atoms with Crippen LogP contribution in [-0.2, 0) is 0 Å². The maximum Gasteiger partial charge on any atom is 0.290 e. The number of ether oxygens (including phenoxy) is 3. The molecule has 4 rings (SSSR count). The fourth-order valence-electron chi connectivity index (χ4n) is 4.39. The number of amides is 1. The third kappa shape index (κ3) is 4.21. The first-order valence-corrected chi connectivity index (χ1v) is 11.3. The van der Waals surface area contributed by atoms with E-state index in [2.05, 4.69) is 4.90 Å². The lowest BCUT2D eigenvalue weighted by molar-refractivity contribution is 0.0722. The summed E-state index contributed by atoms with van der Waals surface area (Å²) in [4.78, 5) is 31.0. The van der Waals surface area contributed by atoms with Gasteiger partial charge in [-0.3, -0.25) is 9.59 Å². The van der Waals surface area contributed by atoms with Gasteiger partial charge in [0.15, 0.2) is 16.9 Å². The van der Waals surface area contributed by atoms with Crippen molar-refractivity contribution in [1.82, 2.24) is 9.80 Å². The van der Waals surface area contributed by atoms with E-state index in [9.17, 15) is 9.59 Å². The predicted molar refractivity (Wildman–Crippen MR) is 129 cm³/mol. The van der Waals surface area contributed by atoms with Crippen LogP contribution >= 0.6 is 0 Å². The van der Waals surface area contributed by atoms with Crippen LogP contribution in [0.5, 0.6) is 17.2 Å². The zero-order valence-electron chi connectivity index (χ0n) is 20.2. The van der Waals surface area contributed by atoms with Gasteiger partial charge in [-0.1, -0.05) is 6.07 Å². The van der Waals surface area contributed by atoms with Crippen LogP contribution in [0.2, 0.25) is 0 Å². The van der Waals surface area contributed by atoms with Crippen molar-refractivity contribution in [2.75, 3.05) is 48.0 Å². The van der Waals surface area contributed by atoms with Crippen molar-refractivity contribution < 1.29 is 23.4 Å². The molecular weight excluding hydrogens is 436 g/mol. The number of carbonyl (C=O) groups excluding carboxylic acids is 1. The summed E-state index contributed by atoms with van der Waals surface area (Å²) in [5, 5.41) is 0.408. The molecule has 0 saturated carbocycles. The van der Waals surface area contributed by atoms with Crippen molar-refractivity contribution in [2.45, 2.75) is 19.4 Å². The van der Waals surface area contributed by atoms with Gasteiger partial charge in [-0.2, -0.15) is 0 Å². The minimum Gasteiger partial charge on any atom is -0.497 e. The molecule has 1 amide bonds. The van der Waals surface area contributed by atoms with E-state index in [1.165, 1.54) is 0 Å². The molecular formula is C26H30N2O6. The molecule has 1 aliphatic rings. The Kier molecular flexibility index (Phi) is 6.79. The van der Waals surface area contributed by atoms with Gasteiger partial charge in [-0.05, 0) is 63.8 Å². The Bertz CT molecular complexity index is 1270. The molecule has 0 fully saturated rings. The zero-order chi connectivity index (χ0) is 24.4. The third-order valence-corrected chi connectivity index (χ3v) is 5.98. The lowest BCUT2D eigenvalue weighted by atomic mass is 9.98. The molecule has 0 spiro atoms. The van der Waals surface area contributed by atoms with Gasteiger partial charge in [0, 0.05) is 12.6 Å². The molecule has 8 nitrogen and oxygen atoms in total. The maximum absolute atomic E-state index is 13.7. The Morgan fingerprint density at radius 2 is 1.82 bits per heavy atom. The van der Waals surface area contributed by atoms with Crippen LogP contribution in [0.25, 0.3) is 11.0 Å². The molecule has 0 bridgehead atoms. The second-order valence-electron chi connectivity index (χ2n) is 8.44. The first-order valence-electron chi connectivity index (χ1n) is 11.3. The molecule has 1 unspecified atom stereocenters. The van der Waals surface area contributed by atoms with Crippen molar-refractivity contribution >= 4 is 16.9 Å². The lowest BCUT2D eigenvalue weighted by Gasteiger charge is -2.26. The standard InChI is InChI=1S/C26H30N2O6/c1-6-33-19-11-8-16(14-21(19)32-5)23-22-24(29)18-10-9-17(31-4)15-20(18)34-25(22)26(30)28(23)13-7-12-27(2)3/h8-11,14-15,23H,6-7,12-13H2,1-5H3. The molecule has 0 saturated heterocycles. The summed E-state index contributed by atoms with van der Waals surface area (Å²) in [6.07, 6.45) is 0.749. The number of benzene rings is 2. The van der Waals surface area contributed by atoms with Crippen molar-refractivity contribution in [3.63, 3.8) is 0 Å². The molecule has 2 heterocycles. The van der Waals surface area contributed by atoms with Gasteiger partial charge >= 0.3 is 0 Å². The highest BCUT2D eigenvalue weighted by atomic mass is 16.5. The van der Waals surface area contributed by atoms with Gasteiger partial charge in [-0.15, -0.1) is 0 Å². The second-order valence-corrected chi connectivity index (χ2v) is 8.44. The van der Waals surface area contributed by atoms with E-state index in [0.717, 1.165) is 18.5 Å². The van der Waals surface area contributed by atoms with Crippen molar-refractivity contribution in [3.05, 3.63) is 63.5 Å². The fourth-order valence-corrected chi connectivity index (χ4v) is 4.39. The Morgan fingerprint density at radius 1 is 1.03 bits per heavy atom. The Morgan fingerprint density at radius 3 is 2.50 bits per heavy atom.